The zero-order valence-corrected chi connectivity index (χ0v) is 77.1. The zero-order valence-electron chi connectivity index (χ0n) is 75.3. The molecule has 716 valence electrons. The predicted octanol–water partition coefficient (Wildman–Crippen LogP) is 14.0. The maximum Gasteiger partial charge on any atom is 0.469 e. The Morgan fingerprint density at radius 3 is 1.07 bits per heavy atom. The lowest BCUT2D eigenvalue weighted by atomic mass is 9.73. The van der Waals surface area contributed by atoms with Crippen LogP contribution in [0, 0.1) is 71.0 Å². The molecule has 8 aliphatic carbocycles. The SMILES string of the molecule is CCCCC[C@@H](CC[C@@H]1[C@H]2Cc3cccc(OCC(=O)O)c3C[C@H]2C[C@H]1O)OC(=O)NC.CCCCC[C@@H](CC[C@@H]1[C@H]2Cc3cccc(OCC(=O)O)c3C[C@H]2C[C@H]1O)OP(=O)(O)O.CCCCC[C@H](O)CC[C@@H]1[C@H]2Cc3cccc(OCC(=O)NCC(=O)O)c3C[C@H]2C[C@H]1O.CCCCC[C@H](O)CC[C@@H]1[C@H]2Cc3cccc(OCC(=O)O)c3C[C@H]2C[C@H]1OP(=O)(O)O. The van der Waals surface area contributed by atoms with Gasteiger partial charge in [-0.05, 0) is 300 Å². The number of carbonyl (C=O) groups is 6. The maximum atomic E-state index is 11.8. The number of phosphoric acid groups is 2. The number of carboxylic acid groups (broad SMARTS) is 4. The van der Waals surface area contributed by atoms with Gasteiger partial charge in [-0.1, -0.05) is 147 Å². The van der Waals surface area contributed by atoms with Crippen LogP contribution in [0.5, 0.6) is 23.0 Å². The molecule has 0 radical (unpaired) electrons. The van der Waals surface area contributed by atoms with E-state index in [1.54, 1.807) is 19.2 Å². The summed E-state index contributed by atoms with van der Waals surface area (Å²) >= 11 is 0. The van der Waals surface area contributed by atoms with Gasteiger partial charge in [0.05, 0.1) is 42.7 Å². The summed E-state index contributed by atoms with van der Waals surface area (Å²) in [5, 5.41) is 93.5. The molecule has 0 aliphatic heterocycles. The van der Waals surface area contributed by atoms with E-state index in [0.717, 1.165) is 213 Å². The van der Waals surface area contributed by atoms with Crippen LogP contribution in [0.25, 0.3) is 0 Å². The Labute approximate surface area is 753 Å². The molecule has 0 spiro atoms. The number of benzene rings is 4. The van der Waals surface area contributed by atoms with Crippen molar-refractivity contribution >= 4 is 51.5 Å². The van der Waals surface area contributed by atoms with Crippen LogP contribution < -0.4 is 29.6 Å². The second kappa shape index (κ2) is 51.7. The number of unbranched alkanes of at least 4 members (excludes halogenated alkanes) is 8. The van der Waals surface area contributed by atoms with Gasteiger partial charge in [-0.3, -0.25) is 18.6 Å². The highest BCUT2D eigenvalue weighted by atomic mass is 31.2. The monoisotopic (exact) mass is 1830 g/mol. The van der Waals surface area contributed by atoms with Crippen molar-refractivity contribution in [3.05, 3.63) is 117 Å². The molecule has 0 unspecified atom stereocenters. The topological polar surface area (TPSA) is 488 Å². The van der Waals surface area contributed by atoms with E-state index in [0.29, 0.717) is 98.0 Å². The first-order chi connectivity index (χ1) is 61.2. The van der Waals surface area contributed by atoms with Crippen molar-refractivity contribution in [1.29, 1.82) is 0 Å². The number of rotatable bonds is 47. The number of carbonyl (C=O) groups excluding carboxylic acids is 2. The van der Waals surface area contributed by atoms with Crippen molar-refractivity contribution in [2.45, 2.75) is 308 Å². The van der Waals surface area contributed by atoms with Crippen molar-refractivity contribution in [3.8, 4) is 23.0 Å². The fourth-order valence-electron chi connectivity index (χ4n) is 22.0. The molecule has 0 heterocycles. The minimum absolute atomic E-state index is 0.0470. The normalized spacial score (nSPS) is 25.3. The third-order valence-corrected chi connectivity index (χ3v) is 29.2. The number of aliphatic hydroxyl groups is 5. The van der Waals surface area contributed by atoms with Gasteiger partial charge in [-0.15, -0.1) is 0 Å². The highest BCUT2D eigenvalue weighted by Gasteiger charge is 2.51. The molecule has 0 saturated heterocycles. The Kier molecular flexibility index (Phi) is 42.2. The number of fused-ring (bicyclic) bond motifs is 8. The Bertz CT molecular complexity index is 4270. The summed E-state index contributed by atoms with van der Waals surface area (Å²) in [6, 6.07) is 23.0. The van der Waals surface area contributed by atoms with Gasteiger partial charge in [-0.2, -0.15) is 0 Å². The number of phosphoric ester groups is 2. The number of hydrogen-bond donors (Lipinski definition) is 15. The molecule has 4 saturated carbocycles. The van der Waals surface area contributed by atoms with E-state index in [4.69, 9.17) is 53.2 Å². The van der Waals surface area contributed by atoms with Crippen LogP contribution in [-0.4, -0.2) is 190 Å². The van der Waals surface area contributed by atoms with Gasteiger partial charge in [0.15, 0.2) is 26.4 Å². The van der Waals surface area contributed by atoms with Gasteiger partial charge in [0, 0.05) is 7.05 Å². The smallest absolute Gasteiger partial charge is 0.469 e. The van der Waals surface area contributed by atoms with E-state index in [9.17, 15) is 83.0 Å². The van der Waals surface area contributed by atoms with Crippen LogP contribution in [0.4, 0.5) is 4.79 Å². The fraction of sp³-hybridized carbons (Fsp3) is 0.688. The molecule has 4 aromatic rings. The number of aliphatic carboxylic acids is 4. The fourth-order valence-corrected chi connectivity index (χ4v) is 23.2. The van der Waals surface area contributed by atoms with E-state index in [-0.39, 0.29) is 91.6 Å². The number of aliphatic hydroxyl groups excluding tert-OH is 5. The summed E-state index contributed by atoms with van der Waals surface area (Å²) in [6.07, 6.45) is 26.8. The van der Waals surface area contributed by atoms with E-state index < -0.39 is 89.1 Å². The third-order valence-electron chi connectivity index (χ3n) is 28.1. The van der Waals surface area contributed by atoms with Crippen molar-refractivity contribution < 1.29 is 136 Å². The van der Waals surface area contributed by atoms with Crippen LogP contribution in [-0.2, 0) is 98.3 Å². The second-order valence-corrected chi connectivity index (χ2v) is 39.3. The number of amides is 2. The second-order valence-electron chi connectivity index (χ2n) is 36.9. The van der Waals surface area contributed by atoms with Gasteiger partial charge in [-0.25, -0.2) is 28.3 Å². The van der Waals surface area contributed by atoms with Crippen molar-refractivity contribution in [2.75, 3.05) is 40.0 Å². The number of nitrogens with one attached hydrogen (secondary N) is 2. The molecule has 12 rings (SSSR count). The highest BCUT2D eigenvalue weighted by Crippen LogP contribution is 2.56. The molecule has 2 amide bonds. The lowest BCUT2D eigenvalue weighted by molar-refractivity contribution is -0.140. The average molecular weight is 1840 g/mol. The van der Waals surface area contributed by atoms with Gasteiger partial charge in [0.2, 0.25) is 0 Å². The summed E-state index contributed by atoms with van der Waals surface area (Å²) in [6.45, 7) is 6.73. The molecular formula is C96H144N2O28P2. The van der Waals surface area contributed by atoms with Crippen LogP contribution in [0.2, 0.25) is 0 Å². The molecule has 15 N–H and O–H groups in total. The molecular weight excluding hydrogens is 1690 g/mol. The average Bonchev–Trinajstić information content (AvgIpc) is 1.62. The molecule has 128 heavy (non-hydrogen) atoms. The summed E-state index contributed by atoms with van der Waals surface area (Å²) in [5.74, 6) is 0.670. The molecule has 0 bridgehead atoms. The van der Waals surface area contributed by atoms with Crippen molar-refractivity contribution in [1.82, 2.24) is 10.6 Å². The summed E-state index contributed by atoms with van der Waals surface area (Å²) in [7, 11) is -7.62. The standard InChI is InChI=1S/2C25H37NO6.2C23H35O8P/c1-3-4-5-8-18(32-25(30)26-2)10-11-19-20-12-16-7-6-9-23(31-15-24(28)29)21(16)13-17(20)14-22(19)27;1-2-3-4-7-18(27)9-10-19-20-11-16-6-5-8-23(21(16)12-17(20)13-22(19)28)32-15-24(29)26-14-25(30)31;1-2-3-4-7-17(31-32(27,28)29)9-10-18-19-11-15-6-5-8-22(30-14-23(25)26)20(15)12-16(19)13-21(18)24;1-2-3-4-7-17(24)9-10-18-19-11-15-6-5-8-21(30-14-23(25)26)20(15)12-16(19)13-22(18)31-32(27,28)29/h6-7,9,17-20,22,27H,3-5,8,10-15H2,1-2H3,(H,26,30)(H,28,29);5-6,8,17-20,22,27-28H,2-4,7,9-15H2,1H3,(H,26,29)(H,30,31);5-6,8,16-19,21,24H,2-4,7,9-14H2,1H3,(H,25,26)(H2,27,28,29);5-6,8,16-19,22,24H,2-4,7,9-14H2,1H3,(H,25,26)(H2,27,28,29)/t2*17-,18-,19+,20-,22+;16-,17-,18+,19-,21+;16-,17-,18+,19-,22+/m0000/s1. The molecule has 32 heteroatoms. The van der Waals surface area contributed by atoms with E-state index >= 15 is 0 Å². The zero-order chi connectivity index (χ0) is 92.8. The molecule has 20 atom stereocenters. The van der Waals surface area contributed by atoms with Gasteiger partial charge >= 0.3 is 45.6 Å². The first-order valence-corrected chi connectivity index (χ1v) is 50.1. The number of alkyl carbamates (subject to hydrolysis) is 1. The Balaban J connectivity index is 0.000000193. The van der Waals surface area contributed by atoms with Crippen LogP contribution in [0.15, 0.2) is 72.8 Å². The number of hydrogen-bond acceptors (Lipinski definition) is 20. The van der Waals surface area contributed by atoms with Gasteiger partial charge in [0.25, 0.3) is 5.91 Å². The van der Waals surface area contributed by atoms with Gasteiger partial charge < -0.3 is 99.9 Å². The first-order valence-electron chi connectivity index (χ1n) is 47.0. The Morgan fingerprint density at radius 1 is 0.398 bits per heavy atom. The van der Waals surface area contributed by atoms with Crippen molar-refractivity contribution in [3.63, 3.8) is 0 Å². The summed E-state index contributed by atoms with van der Waals surface area (Å²) < 4.78 is 61.1. The van der Waals surface area contributed by atoms with Crippen LogP contribution in [0.3, 0.4) is 0 Å². The number of carboxylic acids is 4. The minimum Gasteiger partial charge on any atom is -0.483 e. The summed E-state index contributed by atoms with van der Waals surface area (Å²) in [5.41, 5.74) is 8.77. The quantitative estimate of drug-likeness (QED) is 0.0144. The maximum absolute atomic E-state index is 11.8. The van der Waals surface area contributed by atoms with Crippen LogP contribution in [0.1, 0.15) is 252 Å². The minimum atomic E-state index is -4.63. The lowest BCUT2D eigenvalue weighted by Gasteiger charge is -2.33. The molecule has 30 nitrogen and oxygen atoms in total. The lowest BCUT2D eigenvalue weighted by Crippen LogP contribution is -2.33. The Hall–Kier alpha value is -7.28. The predicted molar refractivity (Wildman–Crippen MR) is 478 cm³/mol. The van der Waals surface area contributed by atoms with E-state index in [1.807, 2.05) is 48.5 Å². The first kappa shape index (κ1) is 104. The van der Waals surface area contributed by atoms with E-state index in [1.165, 1.54) is 11.1 Å². The highest BCUT2D eigenvalue weighted by molar-refractivity contribution is 7.46. The largest absolute Gasteiger partial charge is 0.483 e. The summed E-state index contributed by atoms with van der Waals surface area (Å²) in [4.78, 5) is 104. The third kappa shape index (κ3) is 32.3. The van der Waals surface area contributed by atoms with Gasteiger partial charge in [0.1, 0.15) is 35.6 Å². The van der Waals surface area contributed by atoms with Crippen LogP contribution >= 0.6 is 15.6 Å². The van der Waals surface area contributed by atoms with E-state index in [2.05, 4.69) is 50.5 Å². The molecule has 4 aromatic carbocycles. The Morgan fingerprint density at radius 2 is 0.727 bits per heavy atom. The molecule has 4 fully saturated rings. The van der Waals surface area contributed by atoms with Crippen molar-refractivity contribution in [2.24, 2.45) is 71.0 Å². The molecule has 0 aromatic heterocycles. The molecule has 8 aliphatic rings. The number of ether oxygens (including phenoxy) is 5.